The van der Waals surface area contributed by atoms with Crippen LogP contribution in [0.5, 0.6) is 0 Å². The molecular weight excluding hydrogens is 305 g/mol. The highest BCUT2D eigenvalue weighted by Gasteiger charge is 2.13. The van der Waals surface area contributed by atoms with Crippen LogP contribution in [0.2, 0.25) is 0 Å². The van der Waals surface area contributed by atoms with Crippen molar-refractivity contribution in [2.24, 2.45) is 0 Å². The number of nitrogens with zero attached hydrogens (tertiary/aromatic N) is 2. The second-order valence-electron chi connectivity index (χ2n) is 3.54. The molecule has 0 aliphatic carbocycles. The average Bonchev–Trinajstić information content (AvgIpc) is 2.75. The fourth-order valence-electron chi connectivity index (χ4n) is 1.34. The minimum Gasteiger partial charge on any atom is -0.345 e. The van der Waals surface area contributed by atoms with Gasteiger partial charge in [-0.05, 0) is 18.2 Å². The van der Waals surface area contributed by atoms with Gasteiger partial charge in [0.1, 0.15) is 5.82 Å². The molecule has 1 aromatic heterocycles. The molecule has 0 atom stereocenters. The van der Waals surface area contributed by atoms with Gasteiger partial charge in [-0.2, -0.15) is 4.98 Å². The number of benzene rings is 1. The first kappa shape index (κ1) is 12.7. The molecule has 2 aromatic rings. The molecule has 5 nitrogen and oxygen atoms in total. The van der Waals surface area contributed by atoms with E-state index in [0.29, 0.717) is 16.2 Å². The lowest BCUT2D eigenvalue weighted by Gasteiger charge is -2.04. The number of aromatic nitrogens is 2. The molecule has 0 fully saturated rings. The molecule has 7 heteroatoms. The van der Waals surface area contributed by atoms with Gasteiger partial charge < -0.3 is 9.84 Å². The van der Waals surface area contributed by atoms with Crippen LogP contribution in [0.1, 0.15) is 22.1 Å². The number of amides is 1. The van der Waals surface area contributed by atoms with E-state index in [2.05, 4.69) is 31.4 Å². The Morgan fingerprint density at radius 2 is 2.33 bits per heavy atom. The Bertz CT molecular complexity index is 585. The predicted octanol–water partition coefficient (Wildman–Crippen LogP) is 2.21. The van der Waals surface area contributed by atoms with Crippen molar-refractivity contribution in [2.45, 2.75) is 13.5 Å². The lowest BCUT2D eigenvalue weighted by molar-refractivity contribution is 0.0945. The molecule has 94 valence electrons. The molecule has 0 unspecified atom stereocenters. The van der Waals surface area contributed by atoms with E-state index in [1.165, 1.54) is 18.2 Å². The third kappa shape index (κ3) is 2.92. The lowest BCUT2D eigenvalue weighted by Crippen LogP contribution is -2.24. The molecule has 1 heterocycles. The van der Waals surface area contributed by atoms with Gasteiger partial charge in [-0.25, -0.2) is 4.39 Å². The summed E-state index contributed by atoms with van der Waals surface area (Å²) in [5.41, 5.74) is -0.0374. The number of nitrogens with one attached hydrogen (secondary N) is 1. The quantitative estimate of drug-likeness (QED) is 0.943. The first-order chi connectivity index (χ1) is 8.56. The predicted molar refractivity (Wildman–Crippen MR) is 64.3 cm³/mol. The summed E-state index contributed by atoms with van der Waals surface area (Å²) < 4.78 is 18.8. The van der Waals surface area contributed by atoms with E-state index in [9.17, 15) is 9.18 Å². The van der Waals surface area contributed by atoms with Crippen molar-refractivity contribution in [1.82, 2.24) is 15.5 Å². The maximum atomic E-state index is 13.4. The Morgan fingerprint density at radius 3 is 3.00 bits per heavy atom. The second kappa shape index (κ2) is 5.26. The summed E-state index contributed by atoms with van der Waals surface area (Å²) in [7, 11) is 0. The van der Waals surface area contributed by atoms with E-state index < -0.39 is 11.7 Å². The molecule has 0 aliphatic heterocycles. The summed E-state index contributed by atoms with van der Waals surface area (Å²) >= 11 is 3.18. The van der Waals surface area contributed by atoms with Crippen LogP contribution in [0.15, 0.2) is 27.2 Å². The van der Waals surface area contributed by atoms with Crippen LogP contribution < -0.4 is 5.32 Å². The summed E-state index contributed by atoms with van der Waals surface area (Å²) in [6.07, 6.45) is 0. The van der Waals surface area contributed by atoms with Crippen molar-refractivity contribution >= 4 is 21.8 Å². The third-order valence-corrected chi connectivity index (χ3v) is 2.64. The van der Waals surface area contributed by atoms with Crippen molar-refractivity contribution in [3.63, 3.8) is 0 Å². The number of halogens is 2. The maximum absolute atomic E-state index is 13.4. The minimum absolute atomic E-state index is 0.0374. The fourth-order valence-corrected chi connectivity index (χ4v) is 1.70. The highest BCUT2D eigenvalue weighted by atomic mass is 79.9. The van der Waals surface area contributed by atoms with E-state index in [4.69, 9.17) is 4.52 Å². The number of rotatable bonds is 3. The molecule has 0 radical (unpaired) electrons. The molecule has 18 heavy (non-hydrogen) atoms. The van der Waals surface area contributed by atoms with E-state index in [-0.39, 0.29) is 12.1 Å². The molecule has 1 aromatic carbocycles. The van der Waals surface area contributed by atoms with Crippen molar-refractivity contribution in [1.29, 1.82) is 0 Å². The number of aryl methyl sites for hydroxylation is 1. The smallest absolute Gasteiger partial charge is 0.254 e. The third-order valence-electron chi connectivity index (χ3n) is 2.15. The highest BCUT2D eigenvalue weighted by molar-refractivity contribution is 9.10. The Balaban J connectivity index is 2.05. The summed E-state index contributed by atoms with van der Waals surface area (Å²) in [5.74, 6) is -0.361. The summed E-state index contributed by atoms with van der Waals surface area (Å²) in [5, 5.41) is 6.13. The molecule has 0 bridgehead atoms. The van der Waals surface area contributed by atoms with Gasteiger partial charge in [0.2, 0.25) is 5.89 Å². The van der Waals surface area contributed by atoms with Crippen LogP contribution in [0.4, 0.5) is 4.39 Å². The molecule has 2 rings (SSSR count). The number of hydrogen-bond acceptors (Lipinski definition) is 4. The zero-order chi connectivity index (χ0) is 13.1. The Kier molecular flexibility index (Phi) is 3.71. The Labute approximate surface area is 111 Å². The highest BCUT2D eigenvalue weighted by Crippen LogP contribution is 2.15. The number of carbonyl (C=O) groups excluding carboxylic acids is 1. The lowest BCUT2D eigenvalue weighted by atomic mass is 10.2. The average molecular weight is 314 g/mol. The van der Waals surface area contributed by atoms with Crippen LogP contribution >= 0.6 is 15.9 Å². The van der Waals surface area contributed by atoms with Gasteiger partial charge in [0.15, 0.2) is 5.82 Å². The van der Waals surface area contributed by atoms with Crippen molar-refractivity contribution < 1.29 is 13.7 Å². The Hall–Kier alpha value is -1.76. The normalized spacial score (nSPS) is 10.4. The molecule has 0 aliphatic rings. The van der Waals surface area contributed by atoms with Gasteiger partial charge in [-0.15, -0.1) is 0 Å². The van der Waals surface area contributed by atoms with Crippen molar-refractivity contribution in [3.8, 4) is 0 Å². The topological polar surface area (TPSA) is 68.0 Å². The molecule has 0 saturated carbocycles. The second-order valence-corrected chi connectivity index (χ2v) is 4.45. The van der Waals surface area contributed by atoms with Gasteiger partial charge in [0.05, 0.1) is 12.1 Å². The van der Waals surface area contributed by atoms with Crippen LogP contribution in [-0.4, -0.2) is 16.0 Å². The molecular formula is C11H9BrFN3O2. The molecule has 0 spiro atoms. The van der Waals surface area contributed by atoms with Gasteiger partial charge in [0, 0.05) is 11.4 Å². The number of hydrogen-bond donors (Lipinski definition) is 1. The van der Waals surface area contributed by atoms with Crippen LogP contribution in [0.25, 0.3) is 0 Å². The minimum atomic E-state index is -0.583. The van der Waals surface area contributed by atoms with Crippen LogP contribution in [-0.2, 0) is 6.54 Å². The zero-order valence-corrected chi connectivity index (χ0v) is 11.0. The van der Waals surface area contributed by atoms with Crippen molar-refractivity contribution in [3.05, 3.63) is 45.8 Å². The largest absolute Gasteiger partial charge is 0.345 e. The van der Waals surface area contributed by atoms with E-state index in [1.807, 2.05) is 0 Å². The standard InChI is InChI=1S/C11H9BrFN3O2/c1-6-15-10(16-18-6)5-14-11(17)8-4-7(12)2-3-9(8)13/h2-4H,5H2,1H3,(H,14,17). The van der Waals surface area contributed by atoms with E-state index in [1.54, 1.807) is 6.92 Å². The summed E-state index contributed by atoms with van der Waals surface area (Å²) in [6, 6.07) is 4.15. The van der Waals surface area contributed by atoms with Gasteiger partial charge in [-0.1, -0.05) is 21.1 Å². The van der Waals surface area contributed by atoms with E-state index in [0.717, 1.165) is 0 Å². The molecule has 1 N–H and O–H groups in total. The van der Waals surface area contributed by atoms with Crippen LogP contribution in [0, 0.1) is 12.7 Å². The van der Waals surface area contributed by atoms with Gasteiger partial charge in [-0.3, -0.25) is 4.79 Å². The fraction of sp³-hybridized carbons (Fsp3) is 0.182. The summed E-state index contributed by atoms with van der Waals surface area (Å²) in [6.45, 7) is 1.73. The number of carbonyl (C=O) groups is 1. The zero-order valence-electron chi connectivity index (χ0n) is 9.41. The summed E-state index contributed by atoms with van der Waals surface area (Å²) in [4.78, 5) is 15.7. The Morgan fingerprint density at radius 1 is 1.56 bits per heavy atom. The monoisotopic (exact) mass is 313 g/mol. The van der Waals surface area contributed by atoms with Crippen LogP contribution in [0.3, 0.4) is 0 Å². The molecule has 1 amide bonds. The molecule has 0 saturated heterocycles. The van der Waals surface area contributed by atoms with Gasteiger partial charge in [0.25, 0.3) is 5.91 Å². The van der Waals surface area contributed by atoms with Crippen molar-refractivity contribution in [2.75, 3.05) is 0 Å². The first-order valence-corrected chi connectivity index (χ1v) is 5.88. The maximum Gasteiger partial charge on any atom is 0.254 e. The SMILES string of the molecule is Cc1nc(CNC(=O)c2cc(Br)ccc2F)no1. The first-order valence-electron chi connectivity index (χ1n) is 5.08. The van der Waals surface area contributed by atoms with E-state index >= 15 is 0 Å². The van der Waals surface area contributed by atoms with Gasteiger partial charge >= 0.3 is 0 Å².